The summed E-state index contributed by atoms with van der Waals surface area (Å²) in [7, 11) is 0. The molecule has 0 radical (unpaired) electrons. The van der Waals surface area contributed by atoms with Crippen molar-refractivity contribution in [3.05, 3.63) is 197 Å². The second-order valence-corrected chi connectivity index (χ2v) is 12.0. The molecule has 1 aromatic heterocycles. The van der Waals surface area contributed by atoms with Gasteiger partial charge in [-0.25, -0.2) is 0 Å². The van der Waals surface area contributed by atoms with Crippen molar-refractivity contribution < 1.29 is 0 Å². The van der Waals surface area contributed by atoms with E-state index in [0.717, 1.165) is 6.42 Å². The molecule has 1 atom stereocenters. The summed E-state index contributed by atoms with van der Waals surface area (Å²) >= 11 is 0. The summed E-state index contributed by atoms with van der Waals surface area (Å²) in [5.41, 5.74) is 15.1. The van der Waals surface area contributed by atoms with Crippen LogP contribution in [0.5, 0.6) is 0 Å². The van der Waals surface area contributed by atoms with Gasteiger partial charge in [0.05, 0.1) is 22.1 Å². The zero-order valence-electron chi connectivity index (χ0n) is 24.7. The van der Waals surface area contributed by atoms with Crippen molar-refractivity contribution in [2.24, 2.45) is 0 Å². The maximum atomic E-state index is 2.51. The van der Waals surface area contributed by atoms with Crippen LogP contribution in [-0.2, 0) is 5.41 Å². The van der Waals surface area contributed by atoms with Crippen molar-refractivity contribution in [2.45, 2.75) is 18.8 Å². The van der Waals surface area contributed by atoms with Gasteiger partial charge in [0.1, 0.15) is 0 Å². The lowest BCUT2D eigenvalue weighted by Gasteiger charge is -2.41. The van der Waals surface area contributed by atoms with E-state index in [1.807, 2.05) is 0 Å². The first-order valence-corrected chi connectivity index (χ1v) is 15.5. The lowest BCUT2D eigenvalue weighted by molar-refractivity contribution is 0.789. The zero-order chi connectivity index (χ0) is 29.3. The monoisotopic (exact) mass is 561 g/mol. The molecule has 5 aromatic carbocycles. The number of nitrogens with zero attached hydrogens (tertiary/aromatic N) is 1. The van der Waals surface area contributed by atoms with Gasteiger partial charge in [-0.15, -0.1) is 0 Å². The summed E-state index contributed by atoms with van der Waals surface area (Å²) in [5, 5.41) is 2.60. The number of rotatable bonds is 3. The van der Waals surface area contributed by atoms with E-state index in [0.29, 0.717) is 0 Å². The van der Waals surface area contributed by atoms with Gasteiger partial charge in [0.2, 0.25) is 0 Å². The average Bonchev–Trinajstić information content (AvgIpc) is 3.39. The highest BCUT2D eigenvalue weighted by Gasteiger charge is 2.52. The molecule has 0 saturated heterocycles. The van der Waals surface area contributed by atoms with Gasteiger partial charge in [-0.05, 0) is 75.6 Å². The first-order valence-electron chi connectivity index (χ1n) is 15.5. The van der Waals surface area contributed by atoms with Crippen LogP contribution in [0.4, 0.5) is 0 Å². The average molecular weight is 562 g/mol. The largest absolute Gasteiger partial charge is 0.309 e. The highest BCUT2D eigenvalue weighted by Crippen LogP contribution is 2.63. The van der Waals surface area contributed by atoms with E-state index in [9.17, 15) is 0 Å². The predicted octanol–water partition coefficient (Wildman–Crippen LogP) is 10.7. The topological polar surface area (TPSA) is 4.93 Å². The maximum absolute atomic E-state index is 2.51. The number of allylic oxidation sites excluding steroid dienone is 10. The van der Waals surface area contributed by atoms with Crippen LogP contribution < -0.4 is 0 Å². The van der Waals surface area contributed by atoms with E-state index in [4.69, 9.17) is 0 Å². The Kier molecular flexibility index (Phi) is 5.46. The zero-order valence-corrected chi connectivity index (χ0v) is 24.7. The molecule has 2 aliphatic carbocycles. The van der Waals surface area contributed by atoms with Crippen LogP contribution in [0.3, 0.4) is 0 Å². The second kappa shape index (κ2) is 9.56. The Hall–Kier alpha value is -5.40. The lowest BCUT2D eigenvalue weighted by Crippen LogP contribution is -2.34. The fourth-order valence-corrected chi connectivity index (χ4v) is 8.08. The lowest BCUT2D eigenvalue weighted by atomic mass is 9.63. The quantitative estimate of drug-likeness (QED) is 0.203. The van der Waals surface area contributed by atoms with E-state index in [2.05, 4.69) is 169 Å². The van der Waals surface area contributed by atoms with E-state index in [-0.39, 0.29) is 0 Å². The van der Waals surface area contributed by atoms with Crippen molar-refractivity contribution in [3.63, 3.8) is 0 Å². The minimum absolute atomic E-state index is 0.486. The van der Waals surface area contributed by atoms with Crippen molar-refractivity contribution in [2.75, 3.05) is 0 Å². The fraction of sp³-hybridized carbons (Fsp3) is 0.0698. The van der Waals surface area contributed by atoms with Gasteiger partial charge in [0.15, 0.2) is 0 Å². The van der Waals surface area contributed by atoms with Crippen LogP contribution in [0.15, 0.2) is 169 Å². The molecule has 6 aromatic rings. The van der Waals surface area contributed by atoms with E-state index >= 15 is 0 Å². The van der Waals surface area contributed by atoms with Crippen LogP contribution >= 0.6 is 0 Å². The Labute approximate surface area is 258 Å². The van der Waals surface area contributed by atoms with Crippen molar-refractivity contribution in [3.8, 4) is 5.69 Å². The Balaban J connectivity index is 1.49. The standard InChI is InChI=1S/C43H31N/c1-29(30-16-5-2-3-6-17-30)28-35-32-20-9-11-23-36(32)43(41(35)31-18-7-4-8-19-31)37-24-12-14-27-40(37)44-39-26-13-10-21-33(39)34-22-15-25-38(43)42(34)44/h2-5,7-28H,6H2,1H3/b29-28+. The van der Waals surface area contributed by atoms with Gasteiger partial charge in [-0.2, -0.15) is 0 Å². The fourth-order valence-electron chi connectivity index (χ4n) is 8.08. The van der Waals surface area contributed by atoms with Crippen LogP contribution in [0.2, 0.25) is 0 Å². The minimum atomic E-state index is -0.486. The summed E-state index contributed by atoms with van der Waals surface area (Å²) in [4.78, 5) is 0. The normalized spacial score (nSPS) is 18.6. The number of aromatic nitrogens is 1. The van der Waals surface area contributed by atoms with Gasteiger partial charge >= 0.3 is 0 Å². The molecular formula is C43H31N. The summed E-state index contributed by atoms with van der Waals surface area (Å²) in [6.07, 6.45) is 14.5. The van der Waals surface area contributed by atoms with Crippen LogP contribution in [0.25, 0.3) is 38.6 Å². The molecule has 9 rings (SSSR count). The summed E-state index contributed by atoms with van der Waals surface area (Å²) < 4.78 is 2.51. The van der Waals surface area contributed by atoms with Gasteiger partial charge in [0.25, 0.3) is 0 Å². The molecule has 2 heterocycles. The van der Waals surface area contributed by atoms with Crippen LogP contribution in [-0.4, -0.2) is 4.57 Å². The number of hydrogen-bond acceptors (Lipinski definition) is 0. The van der Waals surface area contributed by atoms with Crippen molar-refractivity contribution in [1.82, 2.24) is 4.57 Å². The molecule has 0 fully saturated rings. The third-order valence-corrected chi connectivity index (χ3v) is 9.79. The third-order valence-electron chi connectivity index (χ3n) is 9.79. The Morgan fingerprint density at radius 3 is 2.32 bits per heavy atom. The number of fused-ring (bicyclic) bond motifs is 9. The molecule has 208 valence electrons. The molecule has 1 heteroatoms. The minimum Gasteiger partial charge on any atom is -0.309 e. The predicted molar refractivity (Wildman–Crippen MR) is 185 cm³/mol. The second-order valence-electron chi connectivity index (χ2n) is 12.0. The molecule has 0 amide bonds. The molecule has 1 spiro atoms. The smallest absolute Gasteiger partial charge is 0.0760 e. The Morgan fingerprint density at radius 2 is 1.41 bits per heavy atom. The number of para-hydroxylation sites is 3. The molecule has 1 aliphatic heterocycles. The molecular weight excluding hydrogens is 530 g/mol. The molecule has 0 bridgehead atoms. The molecule has 1 nitrogen and oxygen atoms in total. The van der Waals surface area contributed by atoms with E-state index < -0.39 is 5.41 Å². The SMILES string of the molecule is C/C(=C\C1=C(c2ccccc2)C2(c3ccccc31)c1ccccc1-n1c3ccccc3c3cccc2c31)C1=CCC=CC=C1. The maximum Gasteiger partial charge on any atom is 0.0760 e. The van der Waals surface area contributed by atoms with Gasteiger partial charge in [-0.1, -0.05) is 146 Å². The summed E-state index contributed by atoms with van der Waals surface area (Å²) in [6, 6.07) is 45.1. The first-order chi connectivity index (χ1) is 21.8. The summed E-state index contributed by atoms with van der Waals surface area (Å²) in [6.45, 7) is 2.26. The van der Waals surface area contributed by atoms with E-state index in [1.54, 1.807) is 0 Å². The Morgan fingerprint density at radius 1 is 0.682 bits per heavy atom. The van der Waals surface area contributed by atoms with Gasteiger partial charge < -0.3 is 4.57 Å². The molecule has 1 unspecified atom stereocenters. The van der Waals surface area contributed by atoms with Gasteiger partial charge in [-0.3, -0.25) is 0 Å². The third kappa shape index (κ3) is 3.30. The van der Waals surface area contributed by atoms with Crippen molar-refractivity contribution in [1.29, 1.82) is 0 Å². The van der Waals surface area contributed by atoms with Crippen LogP contribution in [0.1, 0.15) is 41.2 Å². The summed E-state index contributed by atoms with van der Waals surface area (Å²) in [5.74, 6) is 0. The molecule has 0 saturated carbocycles. The highest BCUT2D eigenvalue weighted by atomic mass is 15.0. The number of benzene rings is 5. The Bertz CT molecular complexity index is 2300. The van der Waals surface area contributed by atoms with Crippen molar-refractivity contribution >= 4 is 33.0 Å². The molecule has 3 aliphatic rings. The first kappa shape index (κ1) is 25.1. The van der Waals surface area contributed by atoms with E-state index in [1.165, 1.54) is 77.6 Å². The molecule has 0 N–H and O–H groups in total. The van der Waals surface area contributed by atoms with Gasteiger partial charge in [0, 0.05) is 10.8 Å². The number of hydrogen-bond donors (Lipinski definition) is 0. The highest BCUT2D eigenvalue weighted by molar-refractivity contribution is 6.16. The molecule has 44 heavy (non-hydrogen) atoms. The van der Waals surface area contributed by atoms with Crippen LogP contribution in [0, 0.1) is 0 Å².